The van der Waals surface area contributed by atoms with Crippen LogP contribution in [0.3, 0.4) is 0 Å². The lowest BCUT2D eigenvalue weighted by molar-refractivity contribution is -0.145. The third-order valence-corrected chi connectivity index (χ3v) is 6.57. The molecule has 3 fully saturated rings. The lowest BCUT2D eigenvalue weighted by Crippen LogP contribution is -2.51. The highest BCUT2D eigenvalue weighted by Crippen LogP contribution is 2.31. The Bertz CT molecular complexity index is 788. The molecular formula is C15H23N5O4S. The highest BCUT2D eigenvalue weighted by molar-refractivity contribution is 7.89. The Morgan fingerprint density at radius 3 is 2.64 bits per heavy atom. The molecule has 0 radical (unpaired) electrons. The summed E-state index contributed by atoms with van der Waals surface area (Å²) in [6.07, 6.45) is 4.24. The van der Waals surface area contributed by atoms with E-state index in [0.29, 0.717) is 12.8 Å². The molecule has 10 heteroatoms. The van der Waals surface area contributed by atoms with E-state index in [1.807, 2.05) is 0 Å². The Labute approximate surface area is 147 Å². The van der Waals surface area contributed by atoms with Crippen LogP contribution in [-0.2, 0) is 26.7 Å². The fourth-order valence-corrected chi connectivity index (χ4v) is 4.84. The number of sulfonamides is 1. The molecule has 0 aromatic carbocycles. The van der Waals surface area contributed by atoms with E-state index in [-0.39, 0.29) is 42.5 Å². The van der Waals surface area contributed by atoms with Gasteiger partial charge in [0.05, 0.1) is 12.2 Å². The first kappa shape index (κ1) is 17.9. The van der Waals surface area contributed by atoms with Crippen molar-refractivity contribution in [2.24, 2.45) is 13.0 Å². The first-order valence-corrected chi connectivity index (χ1v) is 9.63. The molecule has 0 saturated carbocycles. The third-order valence-electron chi connectivity index (χ3n) is 4.85. The number of carbonyl (C=O) groups is 2. The van der Waals surface area contributed by atoms with Crippen molar-refractivity contribution < 1.29 is 18.0 Å². The Morgan fingerprint density at radius 2 is 2.04 bits per heavy atom. The Balaban J connectivity index is 1.86. The van der Waals surface area contributed by atoms with E-state index in [1.54, 1.807) is 30.6 Å². The van der Waals surface area contributed by atoms with Crippen molar-refractivity contribution in [1.29, 1.82) is 0 Å². The molecule has 0 N–H and O–H groups in total. The average molecular weight is 369 g/mol. The number of aromatic nitrogens is 2. The molecule has 4 heterocycles. The molecule has 3 saturated heterocycles. The summed E-state index contributed by atoms with van der Waals surface area (Å²) in [4.78, 5) is 31.7. The summed E-state index contributed by atoms with van der Waals surface area (Å²) in [5.74, 6) is -0.711. The van der Waals surface area contributed by atoms with Crippen molar-refractivity contribution in [3.05, 3.63) is 12.5 Å². The maximum atomic E-state index is 12.9. The molecular weight excluding hydrogens is 346 g/mol. The van der Waals surface area contributed by atoms with Gasteiger partial charge >= 0.3 is 0 Å². The molecule has 9 nitrogen and oxygen atoms in total. The van der Waals surface area contributed by atoms with Crippen LogP contribution in [0.25, 0.3) is 0 Å². The van der Waals surface area contributed by atoms with Gasteiger partial charge in [-0.1, -0.05) is 0 Å². The number of piperidine rings is 1. The number of fused-ring (bicyclic) bond motifs is 4. The first-order valence-electron chi connectivity index (χ1n) is 8.19. The van der Waals surface area contributed by atoms with Crippen LogP contribution in [0.4, 0.5) is 0 Å². The topological polar surface area (TPSA) is 95.8 Å². The van der Waals surface area contributed by atoms with Crippen molar-refractivity contribution in [1.82, 2.24) is 23.7 Å². The van der Waals surface area contributed by atoms with Gasteiger partial charge in [-0.15, -0.1) is 0 Å². The summed E-state index contributed by atoms with van der Waals surface area (Å²) >= 11 is 0. The maximum Gasteiger partial charge on any atom is 0.262 e. The van der Waals surface area contributed by atoms with E-state index in [9.17, 15) is 18.0 Å². The van der Waals surface area contributed by atoms with Gasteiger partial charge in [0, 0.05) is 46.5 Å². The molecule has 1 aromatic heterocycles. The molecule has 3 aliphatic heterocycles. The number of aryl methyl sites for hydroxylation is 1. The van der Waals surface area contributed by atoms with Gasteiger partial charge in [0.1, 0.15) is 6.54 Å². The molecule has 25 heavy (non-hydrogen) atoms. The number of hydrogen-bond donors (Lipinski definition) is 0. The largest absolute Gasteiger partial charge is 0.347 e. The first-order chi connectivity index (χ1) is 11.7. The summed E-state index contributed by atoms with van der Waals surface area (Å²) < 4.78 is 28.6. The Morgan fingerprint density at radius 1 is 1.32 bits per heavy atom. The minimum Gasteiger partial charge on any atom is -0.347 e. The molecule has 2 atom stereocenters. The van der Waals surface area contributed by atoms with E-state index in [2.05, 4.69) is 4.98 Å². The third kappa shape index (κ3) is 3.28. The van der Waals surface area contributed by atoms with Crippen molar-refractivity contribution in [3.63, 3.8) is 0 Å². The molecule has 4 rings (SSSR count). The quantitative estimate of drug-likeness (QED) is 0.687. The van der Waals surface area contributed by atoms with Crippen molar-refractivity contribution in [2.75, 3.05) is 33.7 Å². The number of nitrogens with zero attached hydrogens (tertiary/aromatic N) is 5. The summed E-state index contributed by atoms with van der Waals surface area (Å²) in [6.45, 7) is 0.327. The van der Waals surface area contributed by atoms with Gasteiger partial charge in [0.2, 0.25) is 11.8 Å². The standard InChI is InChI=1S/C15H23N5O4S/c1-17(2)14(21)9-20-12-5-4-11(15(20)22)6-19(7-12)25(23,24)13-8-18(3)10-16-13/h8,10-12H,4-7,9H2,1-3H3/t11-,12+/m1/s1. The molecule has 2 bridgehead atoms. The van der Waals surface area contributed by atoms with Gasteiger partial charge < -0.3 is 14.4 Å². The van der Waals surface area contributed by atoms with Gasteiger partial charge in [-0.3, -0.25) is 9.59 Å². The SMILES string of the molecule is CN(C)C(=O)CN1C(=O)[C@@H]2CC[C@H]1CN(S(=O)(=O)c1cn(C)cn1)C2. The summed E-state index contributed by atoms with van der Waals surface area (Å²) in [5, 5.41) is -0.0142. The van der Waals surface area contributed by atoms with E-state index in [4.69, 9.17) is 0 Å². The van der Waals surface area contributed by atoms with Crippen LogP contribution in [0.5, 0.6) is 0 Å². The van der Waals surface area contributed by atoms with E-state index in [1.165, 1.54) is 21.7 Å². The van der Waals surface area contributed by atoms with Crippen LogP contribution in [0.15, 0.2) is 17.6 Å². The second-order valence-electron chi connectivity index (χ2n) is 6.88. The Kier molecular flexibility index (Phi) is 4.58. The zero-order valence-electron chi connectivity index (χ0n) is 14.6. The zero-order chi connectivity index (χ0) is 18.4. The second kappa shape index (κ2) is 6.41. The fraction of sp³-hybridized carbons (Fsp3) is 0.667. The molecule has 0 unspecified atom stereocenters. The van der Waals surface area contributed by atoms with E-state index < -0.39 is 15.9 Å². The number of amides is 2. The summed E-state index contributed by atoms with van der Waals surface area (Å²) in [5.41, 5.74) is 0. The number of rotatable bonds is 4. The van der Waals surface area contributed by atoms with Gasteiger partial charge in [-0.2, -0.15) is 4.31 Å². The number of imidazole rings is 1. The number of carbonyl (C=O) groups excluding carboxylic acids is 2. The average Bonchev–Trinajstić information content (AvgIpc) is 2.80. The molecule has 0 aliphatic carbocycles. The van der Waals surface area contributed by atoms with Crippen LogP contribution < -0.4 is 0 Å². The highest BCUT2D eigenvalue weighted by Gasteiger charge is 2.45. The van der Waals surface area contributed by atoms with Gasteiger partial charge in [0.25, 0.3) is 10.0 Å². The molecule has 2 amide bonds. The van der Waals surface area contributed by atoms with Gasteiger partial charge in [-0.05, 0) is 12.8 Å². The van der Waals surface area contributed by atoms with Crippen molar-refractivity contribution in [2.45, 2.75) is 23.9 Å². The summed E-state index contributed by atoms with van der Waals surface area (Å²) in [6, 6.07) is -0.284. The van der Waals surface area contributed by atoms with Gasteiger partial charge in [0.15, 0.2) is 5.03 Å². The lowest BCUT2D eigenvalue weighted by Gasteiger charge is -2.35. The van der Waals surface area contributed by atoms with Crippen LogP contribution >= 0.6 is 0 Å². The second-order valence-corrected chi connectivity index (χ2v) is 8.77. The van der Waals surface area contributed by atoms with Crippen molar-refractivity contribution >= 4 is 21.8 Å². The molecule has 3 aliphatic rings. The minimum absolute atomic E-state index is 0.00945. The highest BCUT2D eigenvalue weighted by atomic mass is 32.2. The molecule has 1 aromatic rings. The molecule has 0 spiro atoms. The number of likely N-dealkylation sites (N-methyl/N-ethyl adjacent to an activating group) is 1. The van der Waals surface area contributed by atoms with Crippen LogP contribution in [0.2, 0.25) is 0 Å². The predicted molar refractivity (Wildman–Crippen MR) is 88.9 cm³/mol. The van der Waals surface area contributed by atoms with Crippen molar-refractivity contribution in [3.8, 4) is 0 Å². The minimum atomic E-state index is -3.75. The van der Waals surface area contributed by atoms with Crippen LogP contribution in [0, 0.1) is 5.92 Å². The summed E-state index contributed by atoms with van der Waals surface area (Å²) in [7, 11) is 1.23. The zero-order valence-corrected chi connectivity index (χ0v) is 15.4. The van der Waals surface area contributed by atoms with Crippen LogP contribution in [0.1, 0.15) is 12.8 Å². The monoisotopic (exact) mass is 369 g/mol. The lowest BCUT2D eigenvalue weighted by atomic mass is 9.94. The fourth-order valence-electron chi connectivity index (χ4n) is 3.35. The normalized spacial score (nSPS) is 24.4. The number of hydrogen-bond acceptors (Lipinski definition) is 5. The predicted octanol–water partition coefficient (Wildman–Crippen LogP) is -0.880. The van der Waals surface area contributed by atoms with Gasteiger partial charge in [-0.25, -0.2) is 13.4 Å². The maximum absolute atomic E-state index is 12.9. The smallest absolute Gasteiger partial charge is 0.262 e. The Hall–Kier alpha value is -1.94. The molecule has 138 valence electrons. The van der Waals surface area contributed by atoms with E-state index in [0.717, 1.165) is 0 Å². The van der Waals surface area contributed by atoms with E-state index >= 15 is 0 Å². The van der Waals surface area contributed by atoms with Crippen LogP contribution in [-0.4, -0.2) is 83.7 Å².